The van der Waals surface area contributed by atoms with Crippen molar-refractivity contribution in [3.8, 4) is 0 Å². The fourth-order valence-corrected chi connectivity index (χ4v) is 4.11. The lowest BCUT2D eigenvalue weighted by atomic mass is 9.98. The summed E-state index contributed by atoms with van der Waals surface area (Å²) in [7, 11) is 0. The van der Waals surface area contributed by atoms with Gasteiger partial charge in [-0.15, -0.1) is 0 Å². The van der Waals surface area contributed by atoms with Crippen LogP contribution < -0.4 is 10.6 Å². The second-order valence-corrected chi connectivity index (χ2v) is 9.48. The lowest BCUT2D eigenvalue weighted by molar-refractivity contribution is -0.134. The van der Waals surface area contributed by atoms with Crippen LogP contribution in [0.4, 0.5) is 4.79 Å². The largest absolute Gasteiger partial charge is 0.444 e. The smallest absolute Gasteiger partial charge is 0.410 e. The number of nitrogens with one attached hydrogen (secondary N) is 2. The number of nitrogens with zero attached hydrogens (tertiary/aromatic N) is 2. The summed E-state index contributed by atoms with van der Waals surface area (Å²) in [5, 5.41) is 5.54. The van der Waals surface area contributed by atoms with E-state index in [4.69, 9.17) is 4.74 Å². The highest BCUT2D eigenvalue weighted by Crippen LogP contribution is 2.29. The summed E-state index contributed by atoms with van der Waals surface area (Å²) in [6, 6.07) is 3.31. The third-order valence-corrected chi connectivity index (χ3v) is 5.86. The van der Waals surface area contributed by atoms with Gasteiger partial charge in [-0.1, -0.05) is 6.07 Å². The number of hydrogen-bond donors (Lipinski definition) is 2. The van der Waals surface area contributed by atoms with Gasteiger partial charge in [-0.05, 0) is 63.8 Å². The predicted octanol–water partition coefficient (Wildman–Crippen LogP) is 2.31. The average molecular weight is 459 g/mol. The van der Waals surface area contributed by atoms with E-state index in [1.165, 1.54) is 0 Å². The van der Waals surface area contributed by atoms with Crippen LogP contribution in [0.2, 0.25) is 0 Å². The maximum Gasteiger partial charge on any atom is 0.410 e. The molecule has 180 valence electrons. The molecule has 1 saturated heterocycles. The number of hydrogen-bond acceptors (Lipinski definition) is 6. The molecule has 1 aromatic carbocycles. The fourth-order valence-electron chi connectivity index (χ4n) is 4.11. The van der Waals surface area contributed by atoms with Gasteiger partial charge in [-0.2, -0.15) is 0 Å². The molecule has 9 heteroatoms. The van der Waals surface area contributed by atoms with Gasteiger partial charge >= 0.3 is 6.09 Å². The molecular weight excluding hydrogens is 424 g/mol. The lowest BCUT2D eigenvalue weighted by Gasteiger charge is -2.24. The van der Waals surface area contributed by atoms with Crippen molar-refractivity contribution in [3.05, 3.63) is 34.4 Å². The highest BCUT2D eigenvalue weighted by atomic mass is 16.6. The number of amides is 4. The lowest BCUT2D eigenvalue weighted by Crippen LogP contribution is -2.50. The Kier molecular flexibility index (Phi) is 7.41. The number of imide groups is 1. The SMILES string of the molecule is CCN(CC)C(=O)c1cc2c(cc1CNC1CCC(=O)NC1=O)CN(C(=O)OC(C)(C)C)C2. The first kappa shape index (κ1) is 24.7. The Labute approximate surface area is 194 Å². The molecule has 1 unspecified atom stereocenters. The van der Waals surface area contributed by atoms with E-state index >= 15 is 0 Å². The first-order valence-corrected chi connectivity index (χ1v) is 11.5. The number of piperidine rings is 1. The number of rotatable bonds is 6. The quantitative estimate of drug-likeness (QED) is 0.634. The van der Waals surface area contributed by atoms with Gasteiger partial charge in [0.2, 0.25) is 11.8 Å². The summed E-state index contributed by atoms with van der Waals surface area (Å²) in [4.78, 5) is 52.8. The maximum atomic E-state index is 13.3. The van der Waals surface area contributed by atoms with Crippen molar-refractivity contribution in [3.63, 3.8) is 0 Å². The minimum atomic E-state index is -0.591. The summed E-state index contributed by atoms with van der Waals surface area (Å²) >= 11 is 0. The molecule has 0 aliphatic carbocycles. The van der Waals surface area contributed by atoms with Crippen LogP contribution in [0.3, 0.4) is 0 Å². The van der Waals surface area contributed by atoms with Crippen LogP contribution in [-0.2, 0) is 34.0 Å². The topological polar surface area (TPSA) is 108 Å². The van der Waals surface area contributed by atoms with Gasteiger partial charge < -0.3 is 15.0 Å². The van der Waals surface area contributed by atoms with E-state index < -0.39 is 17.7 Å². The van der Waals surface area contributed by atoms with Crippen molar-refractivity contribution in [2.45, 2.75) is 78.7 Å². The molecule has 0 saturated carbocycles. The zero-order valence-electron chi connectivity index (χ0n) is 20.1. The number of carbonyl (C=O) groups is 4. The number of fused-ring (bicyclic) bond motifs is 1. The van der Waals surface area contributed by atoms with Crippen molar-refractivity contribution in [1.29, 1.82) is 0 Å². The van der Waals surface area contributed by atoms with Crippen molar-refractivity contribution in [2.24, 2.45) is 0 Å². The molecule has 2 aliphatic heterocycles. The summed E-state index contributed by atoms with van der Waals surface area (Å²) < 4.78 is 5.51. The molecule has 2 aliphatic rings. The van der Waals surface area contributed by atoms with Crippen molar-refractivity contribution >= 4 is 23.8 Å². The molecule has 0 aromatic heterocycles. The Bertz CT molecular complexity index is 949. The highest BCUT2D eigenvalue weighted by Gasteiger charge is 2.31. The Morgan fingerprint density at radius 2 is 1.79 bits per heavy atom. The zero-order chi connectivity index (χ0) is 24.3. The maximum absolute atomic E-state index is 13.3. The molecule has 0 radical (unpaired) electrons. The summed E-state index contributed by atoms with van der Waals surface area (Å²) in [6.07, 6.45) is 0.309. The average Bonchev–Trinajstić information content (AvgIpc) is 3.15. The molecule has 2 heterocycles. The molecular formula is C24H34N4O5. The van der Waals surface area contributed by atoms with E-state index in [-0.39, 0.29) is 24.1 Å². The monoisotopic (exact) mass is 458 g/mol. The third kappa shape index (κ3) is 5.90. The van der Waals surface area contributed by atoms with Crippen molar-refractivity contribution < 1.29 is 23.9 Å². The number of ether oxygens (including phenoxy) is 1. The van der Waals surface area contributed by atoms with Crippen LogP contribution in [0.1, 0.15) is 74.5 Å². The van der Waals surface area contributed by atoms with Crippen LogP contribution in [0.25, 0.3) is 0 Å². The molecule has 0 spiro atoms. The van der Waals surface area contributed by atoms with E-state index in [9.17, 15) is 19.2 Å². The predicted molar refractivity (Wildman–Crippen MR) is 122 cm³/mol. The third-order valence-electron chi connectivity index (χ3n) is 5.86. The van der Waals surface area contributed by atoms with Crippen molar-refractivity contribution in [1.82, 2.24) is 20.4 Å². The summed E-state index contributed by atoms with van der Waals surface area (Å²) in [6.45, 7) is 11.6. The van der Waals surface area contributed by atoms with E-state index in [1.807, 2.05) is 46.8 Å². The molecule has 0 bridgehead atoms. The Balaban J connectivity index is 1.85. The zero-order valence-corrected chi connectivity index (χ0v) is 20.1. The normalized spacial score (nSPS) is 18.1. The Hall–Kier alpha value is -2.94. The molecule has 1 fully saturated rings. The van der Waals surface area contributed by atoms with E-state index in [0.717, 1.165) is 16.7 Å². The number of benzene rings is 1. The summed E-state index contributed by atoms with van der Waals surface area (Å²) in [5.41, 5.74) is 2.61. The van der Waals surface area contributed by atoms with Gasteiger partial charge in [0.1, 0.15) is 5.60 Å². The molecule has 4 amide bonds. The summed E-state index contributed by atoms with van der Waals surface area (Å²) in [5.74, 6) is -0.700. The van der Waals surface area contributed by atoms with Gasteiger partial charge in [0.15, 0.2) is 0 Å². The van der Waals surface area contributed by atoms with Gasteiger partial charge in [0.05, 0.1) is 6.04 Å². The van der Waals surface area contributed by atoms with Crippen molar-refractivity contribution in [2.75, 3.05) is 13.1 Å². The minimum Gasteiger partial charge on any atom is -0.444 e. The van der Waals surface area contributed by atoms with Gasteiger partial charge in [-0.3, -0.25) is 24.6 Å². The molecule has 3 rings (SSSR count). The van der Waals surface area contributed by atoms with E-state index in [1.54, 1.807) is 9.80 Å². The van der Waals surface area contributed by atoms with Gasteiger partial charge in [0.25, 0.3) is 5.91 Å². The van der Waals surface area contributed by atoms with Gasteiger partial charge in [-0.25, -0.2) is 4.79 Å². The highest BCUT2D eigenvalue weighted by molar-refractivity contribution is 6.00. The van der Waals surface area contributed by atoms with Crippen LogP contribution in [0.5, 0.6) is 0 Å². The second-order valence-electron chi connectivity index (χ2n) is 9.48. The molecule has 2 N–H and O–H groups in total. The first-order chi connectivity index (χ1) is 15.5. The molecule has 1 aromatic rings. The van der Waals surface area contributed by atoms with E-state index in [2.05, 4.69) is 10.6 Å². The van der Waals surface area contributed by atoms with E-state index in [0.29, 0.717) is 44.7 Å². The standard InChI is InChI=1S/C24H34N4O5/c1-6-27(7-2)22(31)18-11-17-14-28(23(32)33-24(3,4)5)13-16(17)10-15(18)12-25-19-8-9-20(29)26-21(19)30/h10-11,19,25H,6-9,12-14H2,1-5H3,(H,26,29,30). The molecule has 9 nitrogen and oxygen atoms in total. The Morgan fingerprint density at radius 1 is 1.15 bits per heavy atom. The van der Waals surface area contributed by atoms with Crippen LogP contribution >= 0.6 is 0 Å². The Morgan fingerprint density at radius 3 is 2.36 bits per heavy atom. The van der Waals surface area contributed by atoms with Crippen LogP contribution in [0, 0.1) is 0 Å². The van der Waals surface area contributed by atoms with Crippen LogP contribution in [-0.4, -0.2) is 58.3 Å². The fraction of sp³-hybridized carbons (Fsp3) is 0.583. The molecule has 33 heavy (non-hydrogen) atoms. The first-order valence-electron chi connectivity index (χ1n) is 11.5. The molecule has 1 atom stereocenters. The second kappa shape index (κ2) is 9.91. The van der Waals surface area contributed by atoms with Crippen LogP contribution in [0.15, 0.2) is 12.1 Å². The minimum absolute atomic E-state index is 0.0846. The number of carbonyl (C=O) groups excluding carboxylic acids is 4. The van der Waals surface area contributed by atoms with Gasteiger partial charge in [0, 0.05) is 44.7 Å².